The second-order valence-electron chi connectivity index (χ2n) is 7.58. The van der Waals surface area contributed by atoms with E-state index in [9.17, 15) is 13.6 Å². The molecule has 0 bridgehead atoms. The van der Waals surface area contributed by atoms with Crippen LogP contribution in [-0.4, -0.2) is 34.1 Å². The lowest BCUT2D eigenvalue weighted by Gasteiger charge is -2.18. The Labute approximate surface area is 185 Å². The van der Waals surface area contributed by atoms with Gasteiger partial charge in [0.25, 0.3) is 0 Å². The van der Waals surface area contributed by atoms with Gasteiger partial charge in [-0.3, -0.25) is 0 Å². The van der Waals surface area contributed by atoms with Crippen LogP contribution < -0.4 is 4.74 Å². The van der Waals surface area contributed by atoms with E-state index in [1.807, 2.05) is 30.5 Å². The molecule has 2 aromatic carbocycles. The minimum atomic E-state index is -3.43. The van der Waals surface area contributed by atoms with E-state index in [4.69, 9.17) is 4.74 Å². The van der Waals surface area contributed by atoms with Gasteiger partial charge in [-0.1, -0.05) is 6.92 Å². The molecule has 2 aliphatic heterocycles. The highest BCUT2D eigenvalue weighted by Gasteiger charge is 2.22. The quantitative estimate of drug-likeness (QED) is 0.358. The van der Waals surface area contributed by atoms with E-state index in [0.29, 0.717) is 34.1 Å². The fourth-order valence-corrected chi connectivity index (χ4v) is 4.74. The molecule has 0 saturated heterocycles. The highest BCUT2D eigenvalue weighted by atomic mass is 32.2. The summed E-state index contributed by atoms with van der Waals surface area (Å²) in [7, 11) is -3.43. The second kappa shape index (κ2) is 7.42. The van der Waals surface area contributed by atoms with Crippen LogP contribution in [0.3, 0.4) is 0 Å². The number of aromatic amines is 1. The molecule has 0 atom stereocenters. The van der Waals surface area contributed by atoms with E-state index in [-0.39, 0.29) is 10.6 Å². The van der Waals surface area contributed by atoms with Crippen molar-refractivity contribution in [2.75, 3.05) is 5.75 Å². The standard InChI is InChI=1S/C24H21N3O4S/c1-3-32(29,30)18-5-7-23(31-17-4-6-22-16(13-17)8-10-25-22)21(14-18)20-12-15(2)27(28)24-19(20)9-11-26-24/h4-14,25,28H,3H2,1-2H3. The fourth-order valence-electron chi connectivity index (χ4n) is 3.83. The number of benzene rings is 2. The summed E-state index contributed by atoms with van der Waals surface area (Å²) in [6.07, 6.45) is 3.47. The maximum absolute atomic E-state index is 12.6. The Hall–Kier alpha value is -3.78. The number of aromatic nitrogens is 3. The summed E-state index contributed by atoms with van der Waals surface area (Å²) in [6.45, 7) is 3.37. The van der Waals surface area contributed by atoms with Crippen molar-refractivity contribution in [3.8, 4) is 34.0 Å². The van der Waals surface area contributed by atoms with Gasteiger partial charge in [0.2, 0.25) is 0 Å². The molecule has 8 heteroatoms. The predicted molar refractivity (Wildman–Crippen MR) is 122 cm³/mol. The van der Waals surface area contributed by atoms with E-state index < -0.39 is 9.84 Å². The van der Waals surface area contributed by atoms with Gasteiger partial charge in [0.15, 0.2) is 15.7 Å². The van der Waals surface area contributed by atoms with Gasteiger partial charge in [0, 0.05) is 34.4 Å². The van der Waals surface area contributed by atoms with Gasteiger partial charge in [0.1, 0.15) is 11.5 Å². The van der Waals surface area contributed by atoms with Gasteiger partial charge < -0.3 is 14.9 Å². The van der Waals surface area contributed by atoms with Crippen molar-refractivity contribution in [3.63, 3.8) is 0 Å². The van der Waals surface area contributed by atoms with Crippen molar-refractivity contribution < 1.29 is 18.4 Å². The van der Waals surface area contributed by atoms with E-state index in [1.54, 1.807) is 50.4 Å². The first-order chi connectivity index (χ1) is 15.4. The van der Waals surface area contributed by atoms with Crippen molar-refractivity contribution in [1.82, 2.24) is 14.7 Å². The van der Waals surface area contributed by atoms with Crippen LogP contribution in [0.4, 0.5) is 0 Å². The summed E-state index contributed by atoms with van der Waals surface area (Å²) in [5.74, 6) is 1.52. The number of rotatable bonds is 5. The topological polar surface area (TPSA) is 97.2 Å². The van der Waals surface area contributed by atoms with E-state index in [2.05, 4.69) is 9.97 Å². The van der Waals surface area contributed by atoms with E-state index in [0.717, 1.165) is 21.2 Å². The molecule has 0 radical (unpaired) electrons. The fraction of sp³-hybridized carbons (Fsp3) is 0.125. The highest BCUT2D eigenvalue weighted by Crippen LogP contribution is 2.41. The first-order valence-electron chi connectivity index (χ1n) is 10.2. The van der Waals surface area contributed by atoms with Crippen molar-refractivity contribution in [2.45, 2.75) is 18.7 Å². The van der Waals surface area contributed by atoms with Crippen LogP contribution in [0, 0.1) is 6.92 Å². The highest BCUT2D eigenvalue weighted by molar-refractivity contribution is 7.91. The minimum Gasteiger partial charge on any atom is -0.457 e. The number of ether oxygens (including phenoxy) is 1. The Balaban J connectivity index is 1.71. The van der Waals surface area contributed by atoms with Crippen molar-refractivity contribution in [2.24, 2.45) is 0 Å². The Morgan fingerprint density at radius 3 is 2.69 bits per heavy atom. The molecule has 2 aliphatic rings. The maximum Gasteiger partial charge on any atom is 0.178 e. The lowest BCUT2D eigenvalue weighted by Crippen LogP contribution is -2.06. The van der Waals surface area contributed by atoms with Crippen molar-refractivity contribution >= 4 is 20.7 Å². The Morgan fingerprint density at radius 2 is 1.88 bits per heavy atom. The second-order valence-corrected chi connectivity index (χ2v) is 9.86. The zero-order valence-corrected chi connectivity index (χ0v) is 18.3. The summed E-state index contributed by atoms with van der Waals surface area (Å²) < 4.78 is 32.5. The zero-order chi connectivity index (χ0) is 22.5. The summed E-state index contributed by atoms with van der Waals surface area (Å²) in [5, 5.41) is 11.4. The molecular weight excluding hydrogens is 426 g/mol. The maximum atomic E-state index is 12.6. The molecule has 0 amide bonds. The van der Waals surface area contributed by atoms with E-state index >= 15 is 0 Å². The third-order valence-electron chi connectivity index (χ3n) is 5.59. The molecule has 0 unspecified atom stereocenters. The molecule has 1 aromatic heterocycles. The Kier molecular flexibility index (Phi) is 4.67. The molecule has 0 spiro atoms. The molecule has 3 heterocycles. The zero-order valence-electron chi connectivity index (χ0n) is 17.5. The number of nitrogens with zero attached hydrogens (tertiary/aromatic N) is 2. The lowest BCUT2D eigenvalue weighted by molar-refractivity contribution is 0.180. The molecule has 5 rings (SSSR count). The van der Waals surface area contributed by atoms with Gasteiger partial charge in [-0.2, -0.15) is 4.73 Å². The van der Waals surface area contributed by atoms with Gasteiger partial charge in [-0.15, -0.1) is 0 Å². The van der Waals surface area contributed by atoms with Crippen LogP contribution >= 0.6 is 0 Å². The largest absolute Gasteiger partial charge is 0.457 e. The first-order valence-corrected chi connectivity index (χ1v) is 11.8. The van der Waals surface area contributed by atoms with Crippen LogP contribution in [0.2, 0.25) is 0 Å². The summed E-state index contributed by atoms with van der Waals surface area (Å²) in [5.41, 5.74) is 3.59. The minimum absolute atomic E-state index is 0.00536. The Bertz CT molecular complexity index is 1530. The number of pyridine rings is 1. The number of sulfone groups is 1. The third kappa shape index (κ3) is 3.29. The summed E-state index contributed by atoms with van der Waals surface area (Å²) in [6, 6.07) is 16.1. The SMILES string of the molecule is CCS(=O)(=O)c1ccc(Oc2ccc3[nH]ccc3c2)c(-c2cc(C)n(O)c3nccc2-3)c1. The van der Waals surface area contributed by atoms with Crippen molar-refractivity contribution in [3.05, 3.63) is 72.7 Å². The van der Waals surface area contributed by atoms with Crippen LogP contribution in [0.25, 0.3) is 33.4 Å². The molecule has 0 fully saturated rings. The first kappa shape index (κ1) is 20.1. The molecule has 0 saturated carbocycles. The third-order valence-corrected chi connectivity index (χ3v) is 7.32. The average Bonchev–Trinajstić information content (AvgIpc) is 3.46. The molecule has 7 nitrogen and oxygen atoms in total. The van der Waals surface area contributed by atoms with Crippen LogP contribution in [0.15, 0.2) is 71.9 Å². The van der Waals surface area contributed by atoms with Gasteiger partial charge in [0.05, 0.1) is 16.3 Å². The lowest BCUT2D eigenvalue weighted by atomic mass is 9.98. The number of hydrogen-bond acceptors (Lipinski definition) is 5. The van der Waals surface area contributed by atoms with Gasteiger partial charge in [-0.25, -0.2) is 13.4 Å². The van der Waals surface area contributed by atoms with Crippen LogP contribution in [0.1, 0.15) is 12.6 Å². The van der Waals surface area contributed by atoms with Crippen LogP contribution in [0.5, 0.6) is 11.5 Å². The normalized spacial score (nSPS) is 11.9. The summed E-state index contributed by atoms with van der Waals surface area (Å²) >= 11 is 0. The van der Waals surface area contributed by atoms with Gasteiger partial charge in [-0.05, 0) is 67.1 Å². The number of aryl methyl sites for hydroxylation is 1. The number of H-pyrrole nitrogens is 1. The number of hydrogen-bond donors (Lipinski definition) is 2. The summed E-state index contributed by atoms with van der Waals surface area (Å²) in [4.78, 5) is 7.61. The predicted octanol–water partition coefficient (Wildman–Crippen LogP) is 5.27. The van der Waals surface area contributed by atoms with Gasteiger partial charge >= 0.3 is 0 Å². The molecule has 2 N–H and O–H groups in total. The van der Waals surface area contributed by atoms with Crippen LogP contribution in [-0.2, 0) is 9.84 Å². The van der Waals surface area contributed by atoms with Crippen molar-refractivity contribution in [1.29, 1.82) is 0 Å². The monoisotopic (exact) mass is 447 g/mol. The molecular formula is C24H21N3O4S. The average molecular weight is 448 g/mol. The molecule has 32 heavy (non-hydrogen) atoms. The molecule has 162 valence electrons. The smallest absolute Gasteiger partial charge is 0.178 e. The van der Waals surface area contributed by atoms with E-state index in [1.165, 1.54) is 0 Å². The number of fused-ring (bicyclic) bond motifs is 2. The number of nitrogens with one attached hydrogen (secondary N) is 1. The molecule has 3 aromatic rings. The molecule has 0 aliphatic carbocycles. The Morgan fingerprint density at radius 1 is 1.03 bits per heavy atom.